The van der Waals surface area contributed by atoms with Gasteiger partial charge in [0.2, 0.25) is 0 Å². The highest BCUT2D eigenvalue weighted by atomic mass is 19.1. The molecule has 1 fully saturated rings. The van der Waals surface area contributed by atoms with E-state index >= 15 is 0 Å². The summed E-state index contributed by atoms with van der Waals surface area (Å²) in [4.78, 5) is 14.2. The van der Waals surface area contributed by atoms with Gasteiger partial charge in [0, 0.05) is 11.5 Å². The third-order valence-corrected chi connectivity index (χ3v) is 5.76. The zero-order valence-electron chi connectivity index (χ0n) is 16.9. The molecule has 1 amide bonds. The molecule has 1 N–H and O–H groups in total. The Morgan fingerprint density at radius 3 is 2.29 bits per heavy atom. The molecule has 3 aromatic rings. The van der Waals surface area contributed by atoms with E-state index in [4.69, 9.17) is 4.74 Å². The number of amides is 1. The van der Waals surface area contributed by atoms with Crippen molar-refractivity contribution in [2.24, 2.45) is 0 Å². The van der Waals surface area contributed by atoms with Crippen molar-refractivity contribution in [1.29, 1.82) is 5.26 Å². The van der Waals surface area contributed by atoms with Gasteiger partial charge in [0.25, 0.3) is 5.91 Å². The molecule has 0 unspecified atom stereocenters. The maximum atomic E-state index is 13.5. The molecule has 31 heavy (non-hydrogen) atoms. The molecule has 5 nitrogen and oxygen atoms in total. The lowest BCUT2D eigenvalue weighted by atomic mass is 9.75. The summed E-state index contributed by atoms with van der Waals surface area (Å²) in [6, 6.07) is 21.7. The first-order valence-electron chi connectivity index (χ1n) is 9.90. The summed E-state index contributed by atoms with van der Waals surface area (Å²) in [5.74, 6) is -0.528. The molecule has 3 atom stereocenters. The molecular weight excluding hydrogens is 395 g/mol. The minimum Gasteiger partial charge on any atom is -0.497 e. The van der Waals surface area contributed by atoms with E-state index in [1.54, 1.807) is 7.11 Å². The summed E-state index contributed by atoms with van der Waals surface area (Å²) in [5.41, 5.74) is 3.06. The zero-order chi connectivity index (χ0) is 22.0. The smallest absolute Gasteiger partial charge is 0.255 e. The molecule has 0 bridgehead atoms. The number of halogens is 1. The zero-order valence-corrected chi connectivity index (χ0v) is 16.9. The minimum absolute atomic E-state index is 0.159. The largest absolute Gasteiger partial charge is 0.497 e. The highest BCUT2D eigenvalue weighted by Crippen LogP contribution is 2.41. The van der Waals surface area contributed by atoms with Crippen LogP contribution in [0, 0.1) is 17.1 Å². The van der Waals surface area contributed by atoms with Crippen LogP contribution < -0.4 is 4.74 Å². The number of nitrogens with zero attached hydrogens (tertiary/aromatic N) is 2. The SMILES string of the molecule is COc1ccc(-c2ccc([C@@H]3[C@H](C#N)N(C(=O)c4cccc(F)c4)[C@H]3CO)cc2)cc1. The Labute approximate surface area is 179 Å². The minimum atomic E-state index is -0.736. The van der Waals surface area contributed by atoms with E-state index in [-0.39, 0.29) is 18.1 Å². The van der Waals surface area contributed by atoms with Crippen LogP contribution in [0.1, 0.15) is 21.8 Å². The van der Waals surface area contributed by atoms with E-state index in [9.17, 15) is 19.6 Å². The molecule has 156 valence electrons. The number of methoxy groups -OCH3 is 1. The fourth-order valence-corrected chi connectivity index (χ4v) is 4.14. The number of rotatable bonds is 5. The quantitative estimate of drug-likeness (QED) is 0.683. The van der Waals surface area contributed by atoms with Crippen molar-refractivity contribution in [1.82, 2.24) is 4.90 Å². The van der Waals surface area contributed by atoms with Crippen molar-refractivity contribution in [3.8, 4) is 22.9 Å². The van der Waals surface area contributed by atoms with Crippen molar-refractivity contribution in [3.05, 3.63) is 89.7 Å². The van der Waals surface area contributed by atoms with Gasteiger partial charge in [-0.2, -0.15) is 5.26 Å². The number of ether oxygens (including phenoxy) is 1. The van der Waals surface area contributed by atoms with Gasteiger partial charge in [0.1, 0.15) is 17.6 Å². The molecule has 1 aliphatic heterocycles. The summed E-state index contributed by atoms with van der Waals surface area (Å²) in [6.07, 6.45) is 0. The number of hydrogen-bond acceptors (Lipinski definition) is 4. The van der Waals surface area contributed by atoms with Gasteiger partial charge in [-0.05, 0) is 47.0 Å². The molecule has 1 heterocycles. The standard InChI is InChI=1S/C25H21FN2O3/c1-31-21-11-9-17(10-12-21)16-5-7-18(8-6-16)24-22(14-27)28(23(24)15-29)25(30)19-3-2-4-20(26)13-19/h2-13,22-24,29H,15H2,1H3/t22-,23-,24+/m0/s1. The van der Waals surface area contributed by atoms with Crippen LogP contribution in [0.4, 0.5) is 4.39 Å². The lowest BCUT2D eigenvalue weighted by Crippen LogP contribution is -2.65. The predicted octanol–water partition coefficient (Wildman–Crippen LogP) is 3.99. The summed E-state index contributed by atoms with van der Waals surface area (Å²) < 4.78 is 18.7. The number of hydrogen-bond donors (Lipinski definition) is 1. The normalized spacial score (nSPS) is 19.9. The third-order valence-electron chi connectivity index (χ3n) is 5.76. The van der Waals surface area contributed by atoms with Gasteiger partial charge in [-0.3, -0.25) is 4.79 Å². The fraction of sp³-hybridized carbons (Fsp3) is 0.200. The van der Waals surface area contributed by atoms with Gasteiger partial charge in [0.05, 0.1) is 25.8 Å². The first kappa shape index (κ1) is 20.6. The Hall–Kier alpha value is -3.69. The Bertz CT molecular complexity index is 1120. The molecule has 1 aliphatic rings. The average molecular weight is 416 g/mol. The molecule has 0 aliphatic carbocycles. The lowest BCUT2D eigenvalue weighted by molar-refractivity contribution is -0.00587. The van der Waals surface area contributed by atoms with Gasteiger partial charge in [0.15, 0.2) is 0 Å². The maximum Gasteiger partial charge on any atom is 0.255 e. The van der Waals surface area contributed by atoms with Crippen LogP contribution in [0.25, 0.3) is 11.1 Å². The van der Waals surface area contributed by atoms with Crippen LogP contribution >= 0.6 is 0 Å². The van der Waals surface area contributed by atoms with Gasteiger partial charge < -0.3 is 14.7 Å². The Kier molecular flexibility index (Phi) is 5.70. The van der Waals surface area contributed by atoms with Crippen molar-refractivity contribution >= 4 is 5.91 Å². The first-order chi connectivity index (χ1) is 15.1. The highest BCUT2D eigenvalue weighted by molar-refractivity contribution is 5.95. The van der Waals surface area contributed by atoms with Crippen molar-refractivity contribution < 1.29 is 19.0 Å². The van der Waals surface area contributed by atoms with Crippen molar-refractivity contribution in [2.75, 3.05) is 13.7 Å². The second kappa shape index (κ2) is 8.58. The topological polar surface area (TPSA) is 73.6 Å². The van der Waals surface area contributed by atoms with Gasteiger partial charge >= 0.3 is 0 Å². The number of carbonyl (C=O) groups excluding carboxylic acids is 1. The van der Waals surface area contributed by atoms with Gasteiger partial charge in [-0.25, -0.2) is 4.39 Å². The highest BCUT2D eigenvalue weighted by Gasteiger charge is 2.51. The third kappa shape index (κ3) is 3.76. The maximum absolute atomic E-state index is 13.5. The number of aliphatic hydroxyl groups is 1. The molecule has 0 spiro atoms. The molecule has 3 aromatic carbocycles. The second-order valence-corrected chi connectivity index (χ2v) is 7.42. The fourth-order valence-electron chi connectivity index (χ4n) is 4.14. The van der Waals surface area contributed by atoms with Crippen LogP contribution in [0.5, 0.6) is 5.75 Å². The summed E-state index contributed by atoms with van der Waals surface area (Å²) in [7, 11) is 1.62. The second-order valence-electron chi connectivity index (χ2n) is 7.42. The predicted molar refractivity (Wildman–Crippen MR) is 114 cm³/mol. The van der Waals surface area contributed by atoms with E-state index in [2.05, 4.69) is 6.07 Å². The van der Waals surface area contributed by atoms with Crippen LogP contribution in [-0.2, 0) is 0 Å². The number of aliphatic hydroxyl groups excluding tert-OH is 1. The lowest BCUT2D eigenvalue weighted by Gasteiger charge is -2.51. The van der Waals surface area contributed by atoms with E-state index < -0.39 is 23.8 Å². The summed E-state index contributed by atoms with van der Waals surface area (Å²) in [6.45, 7) is -0.288. The summed E-state index contributed by atoms with van der Waals surface area (Å²) in [5, 5.41) is 19.7. The molecule has 0 aromatic heterocycles. The first-order valence-corrected chi connectivity index (χ1v) is 9.90. The van der Waals surface area contributed by atoms with Gasteiger partial charge in [-0.1, -0.05) is 42.5 Å². The molecule has 6 heteroatoms. The van der Waals surface area contributed by atoms with Crippen LogP contribution in [0.15, 0.2) is 72.8 Å². The number of benzene rings is 3. The van der Waals surface area contributed by atoms with Gasteiger partial charge in [-0.15, -0.1) is 0 Å². The van der Waals surface area contributed by atoms with E-state index in [1.807, 2.05) is 48.5 Å². The van der Waals surface area contributed by atoms with Crippen molar-refractivity contribution in [2.45, 2.75) is 18.0 Å². The number of likely N-dealkylation sites (tertiary alicyclic amines) is 1. The van der Waals surface area contributed by atoms with Crippen LogP contribution in [-0.4, -0.2) is 41.7 Å². The Morgan fingerprint density at radius 2 is 1.74 bits per heavy atom. The molecular formula is C25H21FN2O3. The number of nitriles is 1. The molecule has 4 rings (SSSR count). The average Bonchev–Trinajstić information content (AvgIpc) is 2.79. The van der Waals surface area contributed by atoms with Crippen molar-refractivity contribution in [3.63, 3.8) is 0 Å². The summed E-state index contributed by atoms with van der Waals surface area (Å²) >= 11 is 0. The van der Waals surface area contributed by atoms with Crippen LogP contribution in [0.2, 0.25) is 0 Å². The molecule has 0 saturated carbocycles. The molecule has 1 saturated heterocycles. The number of carbonyl (C=O) groups is 1. The van der Waals surface area contributed by atoms with E-state index in [0.717, 1.165) is 28.5 Å². The van der Waals surface area contributed by atoms with Crippen LogP contribution in [0.3, 0.4) is 0 Å². The van der Waals surface area contributed by atoms with E-state index in [0.29, 0.717) is 0 Å². The monoisotopic (exact) mass is 416 g/mol. The Morgan fingerprint density at radius 1 is 1.10 bits per heavy atom. The Balaban J connectivity index is 1.57. The van der Waals surface area contributed by atoms with E-state index in [1.165, 1.54) is 23.1 Å². The molecule has 0 radical (unpaired) electrons.